The van der Waals surface area contributed by atoms with Gasteiger partial charge in [-0.05, 0) is 245 Å². The molecule has 12 spiro atoms. The van der Waals surface area contributed by atoms with Crippen molar-refractivity contribution in [2.45, 2.75) is 25.7 Å². The minimum atomic E-state index is 1.08. The molecule has 0 bridgehead atoms. The predicted molar refractivity (Wildman–Crippen MR) is 138 cm³/mol. The summed E-state index contributed by atoms with van der Waals surface area (Å²) in [5.41, 5.74) is 13.1. The highest BCUT2D eigenvalue weighted by molar-refractivity contribution is 5.84. The second-order valence-corrected chi connectivity index (χ2v) is 25.8. The molecule has 0 N–H and O–H groups in total. The number of hydrogen-bond acceptors (Lipinski definition) is 0. The van der Waals surface area contributed by atoms with Crippen LogP contribution in [0.15, 0.2) is 0 Å². The van der Waals surface area contributed by atoms with E-state index in [1.165, 1.54) is 154 Å². The van der Waals surface area contributed by atoms with E-state index in [2.05, 4.69) is 0 Å². The van der Waals surface area contributed by atoms with Gasteiger partial charge in [0.2, 0.25) is 0 Å². The number of hydrogen-bond donors (Lipinski definition) is 0. The zero-order chi connectivity index (χ0) is 23.8. The Hall–Kier alpha value is 0. The lowest BCUT2D eigenvalue weighted by molar-refractivity contribution is -0.935. The molecular weight excluding hydrogens is 504 g/mol. The van der Waals surface area contributed by atoms with Crippen LogP contribution in [0.2, 0.25) is 0 Å². The summed E-state index contributed by atoms with van der Waals surface area (Å²) in [5, 5.41) is 0. The maximum Gasteiger partial charge on any atom is -0.00932 e. The van der Waals surface area contributed by atoms with Crippen molar-refractivity contribution in [2.24, 2.45) is 219 Å². The van der Waals surface area contributed by atoms with Crippen molar-refractivity contribution in [3.05, 3.63) is 0 Å². The lowest BCUT2D eigenvalue weighted by Crippen LogP contribution is -3.37. The molecule has 0 nitrogen and oxygen atoms in total. The van der Waals surface area contributed by atoms with Gasteiger partial charge < -0.3 is 0 Å². The maximum atomic E-state index is 1.76. The van der Waals surface area contributed by atoms with Crippen LogP contribution >= 0.6 is 0 Å². The monoisotopic (exact) mass is 538 g/mol. The Morgan fingerprint density at radius 1 is 0.214 bits per heavy atom. The summed E-state index contributed by atoms with van der Waals surface area (Å²) in [4.78, 5) is 0. The minimum Gasteiger partial charge on any atom is -0.0461 e. The van der Waals surface area contributed by atoms with Gasteiger partial charge >= 0.3 is 0 Å². The molecule has 26 aliphatic carbocycles. The van der Waals surface area contributed by atoms with Gasteiger partial charge in [0.15, 0.2) is 0 Å². The standard InChI is InChI=1S/C42H34/c1-5-2-8-12-16-20-24-29-30-26-22-18-14-10-4-6-3-9-13-17-21-25-28-27-23-19-15-11-7(1)31(5,8)33(11,12)35(15,16)37(19,20)39(23,24)41(27,29)42(28,30)40(25,26)38(21,22)36(17,18)34(13,14)32(6,9)10/h5-30H,1-4H2/t5?,6?,7?,8?,9?,10?,11?,12?,13?,14?,15-,16?,17?,18?,19?,20?,21+,22?,23?,24?,25?,26?,27-,28?,29?,30?,31?,32?,33?,34?,35+,36?,37?,38-,39?,40?,41+,42?/m1/s1. The van der Waals surface area contributed by atoms with Crippen LogP contribution in [-0.4, -0.2) is 0 Å². The van der Waals surface area contributed by atoms with Crippen LogP contribution in [0.4, 0.5) is 0 Å². The van der Waals surface area contributed by atoms with Crippen molar-refractivity contribution in [1.82, 2.24) is 0 Å². The lowest BCUT2D eigenvalue weighted by atomic mass is 8.64. The minimum absolute atomic E-state index is 1.08. The van der Waals surface area contributed by atoms with Gasteiger partial charge in [-0.3, -0.25) is 0 Å². The molecule has 26 rings (SSSR count). The van der Waals surface area contributed by atoms with Gasteiger partial charge in [-0.15, -0.1) is 0 Å². The van der Waals surface area contributed by atoms with Crippen LogP contribution in [0.3, 0.4) is 0 Å². The molecule has 38 atom stereocenters. The van der Waals surface area contributed by atoms with Gasteiger partial charge in [0.25, 0.3) is 0 Å². The maximum absolute atomic E-state index is 1.76. The molecule has 0 amide bonds. The molecular formula is C42H34. The fourth-order valence-electron chi connectivity index (χ4n) is 38.5. The van der Waals surface area contributed by atoms with Crippen LogP contribution in [0.25, 0.3) is 0 Å². The molecule has 26 saturated carbocycles. The van der Waals surface area contributed by atoms with E-state index in [1.54, 1.807) is 25.7 Å². The molecule has 0 heterocycles. The van der Waals surface area contributed by atoms with Gasteiger partial charge in [-0.25, -0.2) is 0 Å². The molecule has 202 valence electrons. The third-order valence-corrected chi connectivity index (χ3v) is 32.8. The van der Waals surface area contributed by atoms with E-state index in [-0.39, 0.29) is 0 Å². The highest BCUT2D eigenvalue weighted by Gasteiger charge is 3.38. The molecule has 0 aromatic rings. The summed E-state index contributed by atoms with van der Waals surface area (Å²) < 4.78 is 0. The Labute approximate surface area is 244 Å². The summed E-state index contributed by atoms with van der Waals surface area (Å²) in [6.07, 6.45) is 7.02. The van der Waals surface area contributed by atoms with Crippen molar-refractivity contribution in [1.29, 1.82) is 0 Å². The van der Waals surface area contributed by atoms with Gasteiger partial charge in [0, 0.05) is 0 Å². The summed E-state index contributed by atoms with van der Waals surface area (Å²) in [6, 6.07) is 0. The van der Waals surface area contributed by atoms with Gasteiger partial charge in [-0.2, -0.15) is 0 Å². The summed E-state index contributed by atoms with van der Waals surface area (Å²) in [7, 11) is 0. The molecule has 0 aromatic carbocycles. The first-order valence-corrected chi connectivity index (χ1v) is 20.9. The molecule has 0 aliphatic heterocycles. The fraction of sp³-hybridized carbons (Fsp3) is 1.00. The Morgan fingerprint density at radius 3 is 0.619 bits per heavy atom. The van der Waals surface area contributed by atoms with Crippen LogP contribution in [0, 0.1) is 219 Å². The Balaban J connectivity index is 0.752. The zero-order valence-electron chi connectivity index (χ0n) is 23.8. The van der Waals surface area contributed by atoms with Crippen LogP contribution in [-0.2, 0) is 0 Å². The van der Waals surface area contributed by atoms with Gasteiger partial charge in [-0.1, -0.05) is 0 Å². The second kappa shape index (κ2) is 2.77. The molecule has 32 unspecified atom stereocenters. The Kier molecular flexibility index (Phi) is 1.04. The van der Waals surface area contributed by atoms with Gasteiger partial charge in [0.05, 0.1) is 0 Å². The molecule has 26 aliphatic rings. The zero-order valence-corrected chi connectivity index (χ0v) is 23.8. The molecule has 0 heteroatoms. The van der Waals surface area contributed by atoms with Crippen LogP contribution in [0.1, 0.15) is 25.7 Å². The van der Waals surface area contributed by atoms with E-state index in [0.29, 0.717) is 0 Å². The average molecular weight is 539 g/mol. The largest absolute Gasteiger partial charge is 0.0461 e. The normalized spacial score (nSPS) is 124. The number of fused-ring (bicyclic) bond motifs is 22. The van der Waals surface area contributed by atoms with E-state index in [9.17, 15) is 0 Å². The van der Waals surface area contributed by atoms with E-state index in [0.717, 1.165) is 65.0 Å². The highest BCUT2D eigenvalue weighted by atomic mass is 15.4. The lowest BCUT2D eigenvalue weighted by Gasteiger charge is -3.39. The average Bonchev–Trinajstić information content (AvgIpc) is 2.85. The number of rotatable bonds is 0. The molecule has 26 fully saturated rings. The quantitative estimate of drug-likeness (QED) is 0.417. The summed E-state index contributed by atoms with van der Waals surface area (Å²) in [5.74, 6) is 35.5. The summed E-state index contributed by atoms with van der Waals surface area (Å²) >= 11 is 0. The first-order chi connectivity index (χ1) is 20.9. The van der Waals surface area contributed by atoms with Crippen molar-refractivity contribution in [3.8, 4) is 0 Å². The first kappa shape index (κ1) is 15.7. The Morgan fingerprint density at radius 2 is 0.405 bits per heavy atom. The van der Waals surface area contributed by atoms with Crippen molar-refractivity contribution in [3.63, 3.8) is 0 Å². The fourth-order valence-corrected chi connectivity index (χ4v) is 38.5. The molecule has 0 saturated heterocycles. The SMILES string of the molecule is C1C2CC3C4C5[C@H]6C7C8[C@H]9C%10C%11[C@H]%12C%13C%14CC%15CC%16C%17C%18C%19C%20C%21C%22C%23C%24C%25C%26C1C23C%264C%255[C@]%246C%237C%228[C@]%219C%20%10C%19%11[C@]%18%12C%17%13C%15%16%14. The third kappa shape index (κ3) is 0.472. The molecule has 0 radical (unpaired) electrons. The Bertz CT molecular complexity index is 1960. The topological polar surface area (TPSA) is 0 Å². The molecule has 0 aromatic heterocycles. The van der Waals surface area contributed by atoms with E-state index < -0.39 is 0 Å². The van der Waals surface area contributed by atoms with Crippen molar-refractivity contribution in [2.75, 3.05) is 0 Å². The van der Waals surface area contributed by atoms with Crippen LogP contribution < -0.4 is 0 Å². The second-order valence-electron chi connectivity index (χ2n) is 25.8. The van der Waals surface area contributed by atoms with E-state index in [4.69, 9.17) is 0 Å². The molecule has 42 heavy (non-hydrogen) atoms. The van der Waals surface area contributed by atoms with Gasteiger partial charge in [0.1, 0.15) is 0 Å². The van der Waals surface area contributed by atoms with Crippen molar-refractivity contribution >= 4 is 0 Å². The summed E-state index contributed by atoms with van der Waals surface area (Å²) in [6.45, 7) is 0. The van der Waals surface area contributed by atoms with E-state index >= 15 is 0 Å². The smallest absolute Gasteiger partial charge is 0.00932 e. The highest BCUT2D eigenvalue weighted by Crippen LogP contribution is 3.40. The van der Waals surface area contributed by atoms with E-state index in [1.807, 2.05) is 0 Å². The third-order valence-electron chi connectivity index (χ3n) is 32.8. The van der Waals surface area contributed by atoms with Crippen molar-refractivity contribution < 1.29 is 0 Å². The predicted octanol–water partition coefficient (Wildman–Crippen LogP) is 4.76. The van der Waals surface area contributed by atoms with Crippen LogP contribution in [0.5, 0.6) is 0 Å². The first-order valence-electron chi connectivity index (χ1n) is 20.9.